The first-order chi connectivity index (χ1) is 11.8. The van der Waals surface area contributed by atoms with E-state index < -0.39 is 0 Å². The Balaban J connectivity index is 1.94. The molecular weight excluding hydrogens is 292 g/mol. The first kappa shape index (κ1) is 15.1. The summed E-state index contributed by atoms with van der Waals surface area (Å²) >= 11 is 0. The number of hydrogen-bond acceptors (Lipinski definition) is 1. The molecule has 2 aromatic carbocycles. The minimum Gasteiger partial charge on any atom is -0.289 e. The molecule has 2 aliphatic carbocycles. The summed E-state index contributed by atoms with van der Waals surface area (Å²) in [6.07, 6.45) is 4.60. The zero-order valence-electron chi connectivity index (χ0n) is 14.1. The van der Waals surface area contributed by atoms with Gasteiger partial charge in [0.05, 0.1) is 0 Å². The van der Waals surface area contributed by atoms with Crippen LogP contribution >= 0.6 is 0 Å². The second-order valence-electron chi connectivity index (χ2n) is 6.80. The summed E-state index contributed by atoms with van der Waals surface area (Å²) in [5, 5.41) is 0. The molecule has 0 bridgehead atoms. The highest BCUT2D eigenvalue weighted by molar-refractivity contribution is 6.20. The summed E-state index contributed by atoms with van der Waals surface area (Å²) < 4.78 is 0. The van der Waals surface area contributed by atoms with E-state index in [0.29, 0.717) is 0 Å². The lowest BCUT2D eigenvalue weighted by atomic mass is 9.83. The number of benzene rings is 2. The minimum atomic E-state index is 0.0919. The first-order valence-corrected chi connectivity index (χ1v) is 8.85. The molecule has 0 N–H and O–H groups in total. The van der Waals surface area contributed by atoms with Gasteiger partial charge in [-0.05, 0) is 49.3 Å². The van der Waals surface area contributed by atoms with Crippen molar-refractivity contribution >= 4 is 11.4 Å². The van der Waals surface area contributed by atoms with Crippen LogP contribution in [0.5, 0.6) is 0 Å². The van der Waals surface area contributed by atoms with Crippen LogP contribution in [0.4, 0.5) is 0 Å². The fraction of sp³-hybridized carbons (Fsp3) is 0.261. The highest BCUT2D eigenvalue weighted by Crippen LogP contribution is 2.49. The fourth-order valence-electron chi connectivity index (χ4n) is 4.23. The molecule has 1 heteroatoms. The van der Waals surface area contributed by atoms with Crippen molar-refractivity contribution in [1.82, 2.24) is 0 Å². The third-order valence-electron chi connectivity index (χ3n) is 5.37. The van der Waals surface area contributed by atoms with Crippen LogP contribution in [-0.4, -0.2) is 5.78 Å². The molecule has 1 fully saturated rings. The Morgan fingerprint density at radius 3 is 2.00 bits per heavy atom. The first-order valence-electron chi connectivity index (χ1n) is 8.85. The lowest BCUT2D eigenvalue weighted by Gasteiger charge is -2.19. The summed E-state index contributed by atoms with van der Waals surface area (Å²) in [5.41, 5.74) is 6.97. The van der Waals surface area contributed by atoms with Gasteiger partial charge in [0.2, 0.25) is 0 Å². The number of carbonyl (C=O) groups is 1. The van der Waals surface area contributed by atoms with Gasteiger partial charge in [-0.2, -0.15) is 0 Å². The Labute approximate surface area is 143 Å². The molecule has 0 aliphatic heterocycles. The van der Waals surface area contributed by atoms with Gasteiger partial charge in [-0.25, -0.2) is 0 Å². The summed E-state index contributed by atoms with van der Waals surface area (Å²) in [5.74, 6) is 0.355. The van der Waals surface area contributed by atoms with E-state index in [1.54, 1.807) is 0 Å². The minimum absolute atomic E-state index is 0.0919. The van der Waals surface area contributed by atoms with Crippen molar-refractivity contribution in [2.24, 2.45) is 0 Å². The van der Waals surface area contributed by atoms with Gasteiger partial charge >= 0.3 is 0 Å². The van der Waals surface area contributed by atoms with Gasteiger partial charge in [0.1, 0.15) is 0 Å². The Hall–Kier alpha value is -2.41. The number of allylic oxidation sites excluding steroid dienone is 4. The van der Waals surface area contributed by atoms with E-state index in [9.17, 15) is 4.79 Å². The van der Waals surface area contributed by atoms with Crippen molar-refractivity contribution in [3.8, 4) is 0 Å². The molecular formula is C23H22O. The number of Topliss-reactive ketones (excluding diaryl/α,β-unsaturated/α-hetero) is 1. The Bertz CT molecular complexity index is 817. The van der Waals surface area contributed by atoms with Crippen LogP contribution in [0, 0.1) is 0 Å². The predicted octanol–water partition coefficient (Wildman–Crippen LogP) is 5.70. The van der Waals surface area contributed by atoms with Crippen molar-refractivity contribution in [2.75, 3.05) is 0 Å². The molecule has 120 valence electrons. The molecule has 4 rings (SSSR count). The van der Waals surface area contributed by atoms with Gasteiger partial charge in [0.25, 0.3) is 0 Å². The number of hydrogen-bond donors (Lipinski definition) is 0. The predicted molar refractivity (Wildman–Crippen MR) is 98.7 cm³/mol. The van der Waals surface area contributed by atoms with Gasteiger partial charge < -0.3 is 0 Å². The van der Waals surface area contributed by atoms with Crippen molar-refractivity contribution in [3.05, 3.63) is 88.5 Å². The van der Waals surface area contributed by atoms with Crippen LogP contribution in [0.2, 0.25) is 0 Å². The molecule has 2 aromatic rings. The third-order valence-corrected chi connectivity index (χ3v) is 5.37. The topological polar surface area (TPSA) is 17.1 Å². The van der Waals surface area contributed by atoms with Gasteiger partial charge in [-0.15, -0.1) is 0 Å². The maximum absolute atomic E-state index is 13.1. The molecule has 0 amide bonds. The molecule has 1 nitrogen and oxygen atoms in total. The molecule has 0 saturated heterocycles. The van der Waals surface area contributed by atoms with Crippen LogP contribution < -0.4 is 0 Å². The quantitative estimate of drug-likeness (QED) is 0.650. The summed E-state index contributed by atoms with van der Waals surface area (Å²) in [4.78, 5) is 13.1. The van der Waals surface area contributed by atoms with Crippen LogP contribution in [0.25, 0.3) is 5.57 Å². The average Bonchev–Trinajstić information content (AvgIpc) is 3.24. The number of rotatable bonds is 2. The molecule has 24 heavy (non-hydrogen) atoms. The maximum Gasteiger partial charge on any atom is 0.185 e. The standard InChI is InChI=1S/C23H22O/c1-16-20(17-10-4-2-5-11-17)21(18-12-6-3-7-13-18)22(23(16)24)19-14-8-9-15-19/h2-7,10-13,21H,8-9,14-15H2,1H3. The van der Waals surface area contributed by atoms with Gasteiger partial charge in [-0.3, -0.25) is 4.79 Å². The zero-order chi connectivity index (χ0) is 16.5. The van der Waals surface area contributed by atoms with Gasteiger partial charge in [-0.1, -0.05) is 66.2 Å². The van der Waals surface area contributed by atoms with E-state index in [2.05, 4.69) is 48.5 Å². The van der Waals surface area contributed by atoms with E-state index >= 15 is 0 Å². The van der Waals surface area contributed by atoms with Crippen molar-refractivity contribution in [2.45, 2.75) is 38.5 Å². The molecule has 0 radical (unpaired) electrons. The molecule has 0 aromatic heterocycles. The molecule has 0 spiro atoms. The van der Waals surface area contributed by atoms with Gasteiger partial charge in [0, 0.05) is 17.1 Å². The van der Waals surface area contributed by atoms with Crippen molar-refractivity contribution < 1.29 is 4.79 Å². The summed E-state index contributed by atoms with van der Waals surface area (Å²) in [6.45, 7) is 2.00. The van der Waals surface area contributed by atoms with E-state index in [1.807, 2.05) is 19.1 Å². The molecule has 1 atom stereocenters. The normalized spacial score (nSPS) is 21.0. The monoisotopic (exact) mass is 314 g/mol. The van der Waals surface area contributed by atoms with Crippen LogP contribution in [0.3, 0.4) is 0 Å². The highest BCUT2D eigenvalue weighted by Gasteiger charge is 2.38. The number of ketones is 1. The largest absolute Gasteiger partial charge is 0.289 e. The Kier molecular flexibility index (Phi) is 3.93. The maximum atomic E-state index is 13.1. The lowest BCUT2D eigenvalue weighted by Crippen LogP contribution is -2.07. The SMILES string of the molecule is CC1=C(c2ccccc2)C(c2ccccc2)C(=C2CCCC2)C1=O. The van der Waals surface area contributed by atoms with Crippen molar-refractivity contribution in [3.63, 3.8) is 0 Å². The van der Waals surface area contributed by atoms with Crippen molar-refractivity contribution in [1.29, 1.82) is 0 Å². The van der Waals surface area contributed by atoms with E-state index in [-0.39, 0.29) is 11.7 Å². The van der Waals surface area contributed by atoms with Gasteiger partial charge in [0.15, 0.2) is 5.78 Å². The zero-order valence-corrected chi connectivity index (χ0v) is 14.1. The van der Waals surface area contributed by atoms with E-state index in [0.717, 1.165) is 24.0 Å². The fourth-order valence-corrected chi connectivity index (χ4v) is 4.23. The summed E-state index contributed by atoms with van der Waals surface area (Å²) in [6, 6.07) is 20.9. The average molecular weight is 314 g/mol. The molecule has 0 heterocycles. The second kappa shape index (κ2) is 6.24. The van der Waals surface area contributed by atoms with E-state index in [1.165, 1.54) is 35.1 Å². The lowest BCUT2D eigenvalue weighted by molar-refractivity contribution is -0.112. The molecule has 1 unspecified atom stereocenters. The third kappa shape index (κ3) is 2.45. The van der Waals surface area contributed by atoms with Crippen LogP contribution in [0.15, 0.2) is 77.4 Å². The second-order valence-corrected chi connectivity index (χ2v) is 6.80. The van der Waals surface area contributed by atoms with Crippen LogP contribution in [-0.2, 0) is 4.79 Å². The molecule has 1 saturated carbocycles. The molecule has 2 aliphatic rings. The Morgan fingerprint density at radius 1 is 0.792 bits per heavy atom. The summed E-state index contributed by atoms with van der Waals surface area (Å²) in [7, 11) is 0. The van der Waals surface area contributed by atoms with E-state index in [4.69, 9.17) is 0 Å². The number of carbonyl (C=O) groups excluding carboxylic acids is 1. The van der Waals surface area contributed by atoms with Crippen LogP contribution in [0.1, 0.15) is 49.7 Å². The highest BCUT2D eigenvalue weighted by atomic mass is 16.1. The Morgan fingerprint density at radius 2 is 1.38 bits per heavy atom. The smallest absolute Gasteiger partial charge is 0.185 e.